The Labute approximate surface area is 158 Å². The summed E-state index contributed by atoms with van der Waals surface area (Å²) >= 11 is 0. The summed E-state index contributed by atoms with van der Waals surface area (Å²) in [5, 5.41) is 15.5. The Bertz CT molecular complexity index is 803. The Morgan fingerprint density at radius 2 is 2.07 bits per heavy atom. The molecular formula is C19H27N7O. The van der Waals surface area contributed by atoms with E-state index in [2.05, 4.69) is 20.6 Å². The molecule has 2 N–H and O–H groups in total. The van der Waals surface area contributed by atoms with Crippen molar-refractivity contribution in [2.24, 2.45) is 0 Å². The Morgan fingerprint density at radius 1 is 1.15 bits per heavy atom. The highest BCUT2D eigenvalue weighted by molar-refractivity contribution is 5.92. The monoisotopic (exact) mass is 369 g/mol. The quantitative estimate of drug-likeness (QED) is 0.858. The van der Waals surface area contributed by atoms with Crippen LogP contribution in [0.2, 0.25) is 0 Å². The molecule has 0 bridgehead atoms. The van der Waals surface area contributed by atoms with E-state index < -0.39 is 0 Å². The predicted molar refractivity (Wildman–Crippen MR) is 99.6 cm³/mol. The maximum Gasteiger partial charge on any atom is 0.274 e. The van der Waals surface area contributed by atoms with Crippen LogP contribution in [0.3, 0.4) is 0 Å². The molecule has 2 aliphatic heterocycles. The number of hydrogen-bond acceptors (Lipinski definition) is 5. The second-order valence-electron chi connectivity index (χ2n) is 8.12. The number of H-pyrrole nitrogens is 1. The number of aromatic amines is 1. The second-order valence-corrected chi connectivity index (χ2v) is 8.12. The second kappa shape index (κ2) is 7.07. The third-order valence-corrected chi connectivity index (χ3v) is 6.03. The first-order valence-corrected chi connectivity index (χ1v) is 10.3. The zero-order valence-electron chi connectivity index (χ0n) is 15.6. The number of hydrogen-bond donors (Lipinski definition) is 2. The third-order valence-electron chi connectivity index (χ3n) is 6.03. The molecule has 8 nitrogen and oxygen atoms in total. The van der Waals surface area contributed by atoms with Gasteiger partial charge in [0.1, 0.15) is 11.5 Å². The SMILES string of the molecule is O=C(c1ccn(C2CCCNC2)n1)N1CCCC(c2n[nH]c(C3CC3)n2)C1. The Morgan fingerprint density at radius 3 is 2.89 bits per heavy atom. The third kappa shape index (κ3) is 3.50. The normalized spacial score (nSPS) is 26.3. The summed E-state index contributed by atoms with van der Waals surface area (Å²) in [4.78, 5) is 19.6. The zero-order chi connectivity index (χ0) is 18.2. The van der Waals surface area contributed by atoms with Crippen molar-refractivity contribution in [2.45, 2.75) is 56.4 Å². The number of piperidine rings is 2. The number of rotatable bonds is 4. The average molecular weight is 369 g/mol. The lowest BCUT2D eigenvalue weighted by molar-refractivity contribution is 0.0697. The van der Waals surface area contributed by atoms with Gasteiger partial charge in [0.2, 0.25) is 0 Å². The summed E-state index contributed by atoms with van der Waals surface area (Å²) < 4.78 is 1.96. The molecule has 2 saturated heterocycles. The smallest absolute Gasteiger partial charge is 0.274 e. The van der Waals surface area contributed by atoms with Crippen LogP contribution >= 0.6 is 0 Å². The highest BCUT2D eigenvalue weighted by atomic mass is 16.2. The van der Waals surface area contributed by atoms with Crippen molar-refractivity contribution >= 4 is 5.91 Å². The highest BCUT2D eigenvalue weighted by Gasteiger charge is 2.32. The molecule has 2 atom stereocenters. The number of nitrogens with zero attached hydrogens (tertiary/aromatic N) is 5. The minimum atomic E-state index is 0.0279. The molecule has 2 aromatic rings. The van der Waals surface area contributed by atoms with Gasteiger partial charge in [-0.25, -0.2) is 4.98 Å². The van der Waals surface area contributed by atoms with Crippen molar-refractivity contribution in [2.75, 3.05) is 26.2 Å². The van der Waals surface area contributed by atoms with Crippen LogP contribution in [-0.2, 0) is 0 Å². The largest absolute Gasteiger partial charge is 0.337 e. The number of carbonyl (C=O) groups excluding carboxylic acids is 1. The average Bonchev–Trinajstić information content (AvgIpc) is 3.26. The lowest BCUT2D eigenvalue weighted by atomic mass is 9.97. The summed E-state index contributed by atoms with van der Waals surface area (Å²) in [6, 6.07) is 2.21. The number of nitrogens with one attached hydrogen (secondary N) is 2. The molecule has 0 aromatic carbocycles. The fourth-order valence-corrected chi connectivity index (χ4v) is 4.26. The van der Waals surface area contributed by atoms with Crippen LogP contribution in [-0.4, -0.2) is 61.9 Å². The van der Waals surface area contributed by atoms with Crippen molar-refractivity contribution in [3.63, 3.8) is 0 Å². The Balaban J connectivity index is 1.26. The van der Waals surface area contributed by atoms with Gasteiger partial charge in [-0.15, -0.1) is 0 Å². The van der Waals surface area contributed by atoms with Crippen molar-refractivity contribution < 1.29 is 4.79 Å². The molecule has 5 rings (SSSR count). The van der Waals surface area contributed by atoms with Crippen LogP contribution in [0.5, 0.6) is 0 Å². The first-order valence-electron chi connectivity index (χ1n) is 10.3. The lowest BCUT2D eigenvalue weighted by Gasteiger charge is -2.31. The van der Waals surface area contributed by atoms with Gasteiger partial charge in [0.05, 0.1) is 6.04 Å². The molecule has 0 radical (unpaired) electrons. The van der Waals surface area contributed by atoms with Crippen LogP contribution in [0.1, 0.15) is 78.5 Å². The topological polar surface area (TPSA) is 91.7 Å². The standard InChI is InChI=1S/C19H27N7O/c27-19(16-7-10-26(24-16)15-4-1-8-20-11-15)25-9-2-3-14(12-25)18-21-17(22-23-18)13-5-6-13/h7,10,13-15,20H,1-6,8-9,11-12H2,(H,21,22,23). The van der Waals surface area contributed by atoms with Crippen molar-refractivity contribution in [3.8, 4) is 0 Å². The fourth-order valence-electron chi connectivity index (χ4n) is 4.26. The molecule has 27 heavy (non-hydrogen) atoms. The van der Waals surface area contributed by atoms with Crippen LogP contribution in [0.15, 0.2) is 12.3 Å². The summed E-state index contributed by atoms with van der Waals surface area (Å²) in [6.07, 6.45) is 8.66. The van der Waals surface area contributed by atoms with Gasteiger partial charge in [-0.05, 0) is 51.1 Å². The molecule has 8 heteroatoms. The van der Waals surface area contributed by atoms with E-state index in [1.807, 2.05) is 21.8 Å². The summed E-state index contributed by atoms with van der Waals surface area (Å²) in [6.45, 7) is 3.46. The maximum absolute atomic E-state index is 13.0. The molecule has 1 aliphatic carbocycles. The Hall–Kier alpha value is -2.22. The zero-order valence-corrected chi connectivity index (χ0v) is 15.6. The van der Waals surface area contributed by atoms with E-state index in [-0.39, 0.29) is 11.8 Å². The minimum absolute atomic E-state index is 0.0279. The molecule has 4 heterocycles. The van der Waals surface area contributed by atoms with E-state index in [1.165, 1.54) is 12.8 Å². The number of carbonyl (C=O) groups is 1. The maximum atomic E-state index is 13.0. The summed E-state index contributed by atoms with van der Waals surface area (Å²) in [5.41, 5.74) is 0.551. The van der Waals surface area contributed by atoms with Crippen molar-refractivity contribution in [1.82, 2.24) is 35.2 Å². The van der Waals surface area contributed by atoms with E-state index in [1.54, 1.807) is 0 Å². The van der Waals surface area contributed by atoms with Crippen LogP contribution < -0.4 is 5.32 Å². The number of likely N-dealkylation sites (tertiary alicyclic amines) is 1. The van der Waals surface area contributed by atoms with Crippen LogP contribution in [0.25, 0.3) is 0 Å². The van der Waals surface area contributed by atoms with Gasteiger partial charge in [0.15, 0.2) is 5.82 Å². The highest BCUT2D eigenvalue weighted by Crippen LogP contribution is 2.38. The first-order chi connectivity index (χ1) is 13.3. The lowest BCUT2D eigenvalue weighted by Crippen LogP contribution is -2.39. The van der Waals surface area contributed by atoms with E-state index in [4.69, 9.17) is 4.98 Å². The number of aromatic nitrogens is 5. The molecule has 1 amide bonds. The van der Waals surface area contributed by atoms with Gasteiger partial charge >= 0.3 is 0 Å². The molecule has 2 unspecified atom stereocenters. The summed E-state index contributed by atoms with van der Waals surface area (Å²) in [5.74, 6) is 2.71. The molecule has 144 valence electrons. The van der Waals surface area contributed by atoms with Gasteiger partial charge in [0.25, 0.3) is 5.91 Å². The first kappa shape index (κ1) is 16.9. The van der Waals surface area contributed by atoms with Crippen LogP contribution in [0.4, 0.5) is 0 Å². The van der Waals surface area contributed by atoms with Gasteiger partial charge in [-0.3, -0.25) is 14.6 Å². The molecular weight excluding hydrogens is 342 g/mol. The number of amides is 1. The predicted octanol–water partition coefficient (Wildman–Crippen LogP) is 1.82. The van der Waals surface area contributed by atoms with Gasteiger partial charge in [0, 0.05) is 37.7 Å². The van der Waals surface area contributed by atoms with E-state index in [0.717, 1.165) is 57.0 Å². The minimum Gasteiger partial charge on any atom is -0.337 e. The molecule has 0 spiro atoms. The van der Waals surface area contributed by atoms with Crippen LogP contribution in [0, 0.1) is 0 Å². The van der Waals surface area contributed by atoms with E-state index in [9.17, 15) is 4.79 Å². The molecule has 3 aliphatic rings. The van der Waals surface area contributed by atoms with E-state index >= 15 is 0 Å². The van der Waals surface area contributed by atoms with Crippen molar-refractivity contribution in [1.29, 1.82) is 0 Å². The van der Waals surface area contributed by atoms with Gasteiger partial charge in [-0.1, -0.05) is 0 Å². The molecule has 3 fully saturated rings. The summed E-state index contributed by atoms with van der Waals surface area (Å²) in [7, 11) is 0. The van der Waals surface area contributed by atoms with Crippen molar-refractivity contribution in [3.05, 3.63) is 29.6 Å². The van der Waals surface area contributed by atoms with E-state index in [0.29, 0.717) is 24.2 Å². The van der Waals surface area contributed by atoms with Gasteiger partial charge in [-0.2, -0.15) is 10.2 Å². The fraction of sp³-hybridized carbons (Fsp3) is 0.684. The Kier molecular flexibility index (Phi) is 4.43. The van der Waals surface area contributed by atoms with Gasteiger partial charge < -0.3 is 10.2 Å². The molecule has 2 aromatic heterocycles. The molecule has 1 saturated carbocycles.